The molecular formula is C39H56O16. The van der Waals surface area contributed by atoms with E-state index in [2.05, 4.69) is 6.92 Å². The summed E-state index contributed by atoms with van der Waals surface area (Å²) in [5.74, 6) is -0.767. The van der Waals surface area contributed by atoms with E-state index in [0.29, 0.717) is 12.8 Å². The molecule has 7 rings (SSSR count). The minimum atomic E-state index is -2.07. The molecule has 6 fully saturated rings. The number of carbonyl (C=O) groups excluding carboxylic acids is 2. The van der Waals surface area contributed by atoms with Crippen molar-refractivity contribution in [3.8, 4) is 11.5 Å². The van der Waals surface area contributed by atoms with Crippen LogP contribution in [-0.2, 0) is 28.5 Å². The fourth-order valence-electron chi connectivity index (χ4n) is 11.6. The molecule has 16 atom stereocenters. The lowest BCUT2D eigenvalue weighted by Crippen LogP contribution is -2.64. The highest BCUT2D eigenvalue weighted by Gasteiger charge is 2.69. The van der Waals surface area contributed by atoms with Crippen LogP contribution in [0.1, 0.15) is 75.6 Å². The predicted octanol–water partition coefficient (Wildman–Crippen LogP) is 0.160. The van der Waals surface area contributed by atoms with Crippen LogP contribution < -0.4 is 4.74 Å². The lowest BCUT2D eigenvalue weighted by atomic mass is 9.40. The zero-order valence-corrected chi connectivity index (χ0v) is 31.5. The molecule has 1 aromatic rings. The molecule has 2 saturated heterocycles. The molecule has 2 aliphatic heterocycles. The maximum absolute atomic E-state index is 13.1. The second-order valence-electron chi connectivity index (χ2n) is 17.6. The number of aromatic hydroxyl groups is 1. The van der Waals surface area contributed by atoms with Crippen LogP contribution in [0, 0.1) is 34.0 Å². The fraction of sp³-hybridized carbons (Fsp3) is 0.795. The molecule has 2 bridgehead atoms. The fourth-order valence-corrected chi connectivity index (χ4v) is 11.6. The number of phenolic OH excluding ortho intramolecular Hbond substituents is 1. The van der Waals surface area contributed by atoms with Crippen LogP contribution in [0.5, 0.6) is 11.5 Å². The Hall–Kier alpha value is -2.48. The third kappa shape index (κ3) is 6.68. The largest absolute Gasteiger partial charge is 0.504 e. The third-order valence-corrected chi connectivity index (χ3v) is 14.6. The number of hydrogen-bond acceptors (Lipinski definition) is 16. The molecule has 16 heteroatoms. The Bertz CT molecular complexity index is 1590. The number of ether oxygens (including phenoxy) is 6. The number of aliphatic hydroxyl groups excluding tert-OH is 5. The molecule has 8 N–H and O–H groups in total. The van der Waals surface area contributed by atoms with Gasteiger partial charge in [0.05, 0.1) is 49.6 Å². The van der Waals surface area contributed by atoms with E-state index in [9.17, 15) is 50.4 Å². The SMILES string of the molecule is COc1cc(C(=O)OC[C@]2(O)CO[C@@H](OC[C@H]3O[C@@H](O[C@@H]4CC[C@@]5(C)[C@@H]6CC[C@@H]7C[C@@]6(CC[C@@H]5[C@]4(C)C=O)C[C@]7(O)CO)[C@H](O)[C@@H](O)[C@@H]3O)[C@@H]2O)ccc1O. The van der Waals surface area contributed by atoms with Gasteiger partial charge < -0.3 is 74.1 Å². The van der Waals surface area contributed by atoms with Gasteiger partial charge in [0.25, 0.3) is 0 Å². The standard InChI is InChI=1S/C39H56O16/c1-35-10-9-27(36(2,16-40)25(35)8-11-37-13-21(5-7-26(35)37)38(48,15-37)17-41)55-33-30(45)29(44)28(43)24(54-33)14-51-34-31(46)39(49,19-53-34)18-52-32(47)20-4-6-22(42)23(12-20)50-3/h4,6,12,16,21,24-31,33-34,41-46,48-49H,5,7-11,13-15,17-19H2,1-3H3/t21-,24-,25+,26+,27-,28-,29+,30-,31+,33+,34-,35-,36+,37+,38+,39+/m1/s1. The first-order valence-corrected chi connectivity index (χ1v) is 19.3. The molecule has 16 nitrogen and oxygen atoms in total. The molecule has 308 valence electrons. The van der Waals surface area contributed by atoms with Gasteiger partial charge in [0.15, 0.2) is 29.7 Å². The highest BCUT2D eigenvalue weighted by molar-refractivity contribution is 5.90. The van der Waals surface area contributed by atoms with Gasteiger partial charge in [-0.15, -0.1) is 0 Å². The summed E-state index contributed by atoms with van der Waals surface area (Å²) in [5.41, 5.74) is -4.44. The molecule has 0 amide bonds. The normalized spacial score (nSPS) is 47.8. The Balaban J connectivity index is 0.976. The molecule has 4 saturated carbocycles. The number of rotatable bonds is 11. The minimum Gasteiger partial charge on any atom is -0.504 e. The first kappa shape index (κ1) is 40.7. The van der Waals surface area contributed by atoms with Crippen LogP contribution in [0.15, 0.2) is 18.2 Å². The summed E-state index contributed by atoms with van der Waals surface area (Å²) >= 11 is 0. The van der Waals surface area contributed by atoms with E-state index in [4.69, 9.17) is 28.4 Å². The average Bonchev–Trinajstić information content (AvgIpc) is 3.57. The van der Waals surface area contributed by atoms with Gasteiger partial charge in [0, 0.05) is 0 Å². The Morgan fingerprint density at radius 1 is 0.964 bits per heavy atom. The van der Waals surface area contributed by atoms with Gasteiger partial charge in [-0.3, -0.25) is 0 Å². The van der Waals surface area contributed by atoms with Crippen LogP contribution >= 0.6 is 0 Å². The third-order valence-electron chi connectivity index (χ3n) is 14.6. The van der Waals surface area contributed by atoms with Crippen LogP contribution in [0.2, 0.25) is 0 Å². The molecular weight excluding hydrogens is 724 g/mol. The van der Waals surface area contributed by atoms with Gasteiger partial charge in [0.1, 0.15) is 43.4 Å². The van der Waals surface area contributed by atoms with Crippen LogP contribution in [0.4, 0.5) is 0 Å². The Kier molecular flexibility index (Phi) is 10.9. The summed E-state index contributed by atoms with van der Waals surface area (Å²) in [5, 5.41) is 85.9. The summed E-state index contributed by atoms with van der Waals surface area (Å²) in [6.07, 6.45) is -4.82. The van der Waals surface area contributed by atoms with Crippen molar-refractivity contribution in [1.82, 2.24) is 0 Å². The van der Waals surface area contributed by atoms with E-state index >= 15 is 0 Å². The quantitative estimate of drug-likeness (QED) is 0.0846. The molecule has 6 aliphatic rings. The average molecular weight is 781 g/mol. The molecule has 0 unspecified atom stereocenters. The lowest BCUT2D eigenvalue weighted by Gasteiger charge is -2.64. The molecule has 55 heavy (non-hydrogen) atoms. The van der Waals surface area contributed by atoms with Gasteiger partial charge in [-0.25, -0.2) is 4.79 Å². The van der Waals surface area contributed by atoms with Crippen molar-refractivity contribution >= 4 is 12.3 Å². The molecule has 2 heterocycles. The lowest BCUT2D eigenvalue weighted by molar-refractivity contribution is -0.332. The molecule has 0 radical (unpaired) electrons. The summed E-state index contributed by atoms with van der Waals surface area (Å²) in [6, 6.07) is 3.79. The van der Waals surface area contributed by atoms with E-state index in [0.717, 1.165) is 44.8 Å². The van der Waals surface area contributed by atoms with Gasteiger partial charge in [0.2, 0.25) is 0 Å². The predicted molar refractivity (Wildman–Crippen MR) is 187 cm³/mol. The van der Waals surface area contributed by atoms with E-state index < -0.39 is 91.6 Å². The summed E-state index contributed by atoms with van der Waals surface area (Å²) < 4.78 is 33.7. The van der Waals surface area contributed by atoms with Crippen molar-refractivity contribution in [2.75, 3.05) is 33.5 Å². The second kappa shape index (κ2) is 14.7. The van der Waals surface area contributed by atoms with Crippen molar-refractivity contribution < 1.29 is 78.9 Å². The number of aldehydes is 1. The zero-order valence-electron chi connectivity index (χ0n) is 31.5. The van der Waals surface area contributed by atoms with Crippen molar-refractivity contribution in [3.05, 3.63) is 23.8 Å². The van der Waals surface area contributed by atoms with Gasteiger partial charge in [-0.1, -0.05) is 13.8 Å². The van der Waals surface area contributed by atoms with Gasteiger partial charge in [-0.05, 0) is 98.1 Å². The van der Waals surface area contributed by atoms with Crippen molar-refractivity contribution in [2.24, 2.45) is 34.0 Å². The summed E-state index contributed by atoms with van der Waals surface area (Å²) in [6.45, 7) is 2.23. The van der Waals surface area contributed by atoms with Crippen molar-refractivity contribution in [2.45, 2.75) is 126 Å². The second-order valence-corrected chi connectivity index (χ2v) is 17.6. The van der Waals surface area contributed by atoms with Gasteiger partial charge in [-0.2, -0.15) is 0 Å². The summed E-state index contributed by atoms with van der Waals surface area (Å²) in [7, 11) is 1.31. The van der Waals surface area contributed by atoms with Crippen molar-refractivity contribution in [1.29, 1.82) is 0 Å². The molecule has 1 aromatic carbocycles. The molecule has 4 aliphatic carbocycles. The van der Waals surface area contributed by atoms with Gasteiger partial charge >= 0.3 is 5.97 Å². The minimum absolute atomic E-state index is 0.0247. The van der Waals surface area contributed by atoms with Crippen LogP contribution in [-0.4, -0.2) is 147 Å². The maximum atomic E-state index is 13.1. The van der Waals surface area contributed by atoms with Crippen molar-refractivity contribution in [3.63, 3.8) is 0 Å². The van der Waals surface area contributed by atoms with E-state index in [1.165, 1.54) is 25.3 Å². The number of phenols is 1. The molecule has 0 aromatic heterocycles. The number of carbonyl (C=O) groups is 2. The Labute approximate surface area is 319 Å². The number of benzene rings is 1. The highest BCUT2D eigenvalue weighted by atomic mass is 16.7. The molecule has 1 spiro atoms. The first-order chi connectivity index (χ1) is 26.0. The number of aliphatic hydroxyl groups is 7. The zero-order chi connectivity index (χ0) is 39.7. The number of esters is 1. The van der Waals surface area contributed by atoms with E-state index in [1.807, 2.05) is 6.92 Å². The van der Waals surface area contributed by atoms with Crippen LogP contribution in [0.3, 0.4) is 0 Å². The topological polar surface area (TPSA) is 251 Å². The van der Waals surface area contributed by atoms with Crippen LogP contribution in [0.25, 0.3) is 0 Å². The number of fused-ring (bicyclic) bond motifs is 3. The summed E-state index contributed by atoms with van der Waals surface area (Å²) in [4.78, 5) is 25.7. The monoisotopic (exact) mass is 780 g/mol. The Morgan fingerprint density at radius 3 is 2.44 bits per heavy atom. The van der Waals surface area contributed by atoms with E-state index in [1.54, 1.807) is 0 Å². The first-order valence-electron chi connectivity index (χ1n) is 19.3. The highest BCUT2D eigenvalue weighted by Crippen LogP contribution is 2.73. The smallest absolute Gasteiger partial charge is 0.338 e. The maximum Gasteiger partial charge on any atom is 0.338 e. The number of methoxy groups -OCH3 is 1. The number of hydrogen-bond donors (Lipinski definition) is 8. The van der Waals surface area contributed by atoms with E-state index in [-0.39, 0.29) is 52.3 Å². The Morgan fingerprint density at radius 2 is 1.73 bits per heavy atom.